The number of ether oxygens (including phenoxy) is 1. The number of nitrogens with zero attached hydrogens (tertiary/aromatic N) is 3. The van der Waals surface area contributed by atoms with Gasteiger partial charge in [-0.05, 0) is 31.0 Å². The minimum Gasteiger partial charge on any atom is -0.378 e. The Morgan fingerprint density at radius 1 is 1.20 bits per heavy atom. The number of pyridine rings is 2. The van der Waals surface area contributed by atoms with Crippen molar-refractivity contribution in [2.45, 2.75) is 25.3 Å². The Morgan fingerprint density at radius 2 is 2.00 bits per heavy atom. The number of hydrogen-bond acceptors (Lipinski definition) is 7. The van der Waals surface area contributed by atoms with E-state index in [9.17, 15) is 9.59 Å². The molecule has 2 aliphatic rings. The highest BCUT2D eigenvalue weighted by atomic mass is 32.1. The quantitative estimate of drug-likeness (QED) is 0.400. The number of carbonyl (C=O) groups is 1. The van der Waals surface area contributed by atoms with Gasteiger partial charge in [0.2, 0.25) is 5.43 Å². The number of halogens is 1. The molecule has 2 fully saturated rings. The number of hydrogen-bond donors (Lipinski definition) is 2. The van der Waals surface area contributed by atoms with Gasteiger partial charge < -0.3 is 20.3 Å². The molecule has 1 aliphatic heterocycles. The first-order valence-corrected chi connectivity index (χ1v) is 12.8. The van der Waals surface area contributed by atoms with Crippen molar-refractivity contribution in [2.24, 2.45) is 0 Å². The maximum absolute atomic E-state index is 15.2. The minimum absolute atomic E-state index is 0.0302. The molecule has 0 atom stereocenters. The van der Waals surface area contributed by atoms with Crippen LogP contribution in [0.2, 0.25) is 0 Å². The summed E-state index contributed by atoms with van der Waals surface area (Å²) < 4.78 is 23.4. The maximum Gasteiger partial charge on any atom is 0.258 e. The number of aromatic nitrogens is 2. The third kappa shape index (κ3) is 3.95. The standard InChI is InChI=1S/C25H26FN5O3S/c26-17-14-16-21(32)20(24(33)28-9-8-27-15-4-3-5-15)25-31(18-6-1-2-7-19(18)35-25)22(16)29-23(17)30-10-12-34-13-11-30/h1-2,6-7,14-15,27H,3-5,8-13H2,(H,28,33). The number of carbonyl (C=O) groups excluding carboxylic acids is 1. The van der Waals surface area contributed by atoms with E-state index >= 15 is 4.39 Å². The highest BCUT2D eigenvalue weighted by Gasteiger charge is 2.25. The Labute approximate surface area is 204 Å². The lowest BCUT2D eigenvalue weighted by molar-refractivity contribution is 0.0953. The van der Waals surface area contributed by atoms with E-state index in [0.717, 1.165) is 23.1 Å². The largest absolute Gasteiger partial charge is 0.378 e. The number of fused-ring (bicyclic) bond motifs is 5. The molecule has 1 amide bonds. The molecule has 0 spiro atoms. The van der Waals surface area contributed by atoms with E-state index in [-0.39, 0.29) is 16.8 Å². The fraction of sp³-hybridized carbons (Fsp3) is 0.400. The van der Waals surface area contributed by atoms with Gasteiger partial charge in [0.15, 0.2) is 17.3 Å². The molecule has 1 saturated heterocycles. The smallest absolute Gasteiger partial charge is 0.258 e. The molecule has 1 aliphatic carbocycles. The SMILES string of the molecule is O=C(NCCNC1CCC1)c1c(=O)c2cc(F)c(N3CCOCC3)nc2n2c1sc1ccccc12. The molecule has 8 nitrogen and oxygen atoms in total. The molecular weight excluding hydrogens is 469 g/mol. The molecule has 0 bridgehead atoms. The fourth-order valence-corrected chi connectivity index (χ4v) is 5.93. The van der Waals surface area contributed by atoms with E-state index in [4.69, 9.17) is 4.74 Å². The highest BCUT2D eigenvalue weighted by Crippen LogP contribution is 2.32. The zero-order valence-corrected chi connectivity index (χ0v) is 20.0. The van der Waals surface area contributed by atoms with Gasteiger partial charge in [-0.1, -0.05) is 18.6 Å². The van der Waals surface area contributed by atoms with E-state index in [1.54, 1.807) is 0 Å². The predicted molar refractivity (Wildman–Crippen MR) is 135 cm³/mol. The molecule has 4 heterocycles. The summed E-state index contributed by atoms with van der Waals surface area (Å²) >= 11 is 1.37. The number of benzene rings is 1. The Bertz CT molecular complexity index is 1490. The Kier molecular flexibility index (Phi) is 5.87. The van der Waals surface area contributed by atoms with E-state index in [0.29, 0.717) is 55.9 Å². The van der Waals surface area contributed by atoms with Crippen molar-refractivity contribution < 1.29 is 13.9 Å². The third-order valence-corrected chi connectivity index (χ3v) is 7.98. The average Bonchev–Trinajstić information content (AvgIpc) is 3.22. The van der Waals surface area contributed by atoms with Crippen molar-refractivity contribution >= 4 is 49.1 Å². The molecule has 0 radical (unpaired) electrons. The monoisotopic (exact) mass is 495 g/mol. The lowest BCUT2D eigenvalue weighted by Crippen LogP contribution is -2.41. The molecule has 0 unspecified atom stereocenters. The zero-order chi connectivity index (χ0) is 23.9. The van der Waals surface area contributed by atoms with Crippen LogP contribution in [0.4, 0.5) is 10.2 Å². The van der Waals surface area contributed by atoms with Crippen molar-refractivity contribution in [1.29, 1.82) is 0 Å². The fourth-order valence-electron chi connectivity index (χ4n) is 4.75. The van der Waals surface area contributed by atoms with Crippen LogP contribution in [0.15, 0.2) is 35.1 Å². The summed E-state index contributed by atoms with van der Waals surface area (Å²) in [6.45, 7) is 3.07. The van der Waals surface area contributed by atoms with Crippen LogP contribution in [0.25, 0.3) is 26.1 Å². The first-order chi connectivity index (χ1) is 17.1. The first-order valence-electron chi connectivity index (χ1n) is 12.0. The van der Waals surface area contributed by atoms with Gasteiger partial charge in [0.05, 0.1) is 28.8 Å². The Hall–Kier alpha value is -3.08. The summed E-state index contributed by atoms with van der Waals surface area (Å²) in [4.78, 5) is 33.8. The van der Waals surface area contributed by atoms with Gasteiger partial charge in [-0.25, -0.2) is 9.37 Å². The van der Waals surface area contributed by atoms with E-state index in [1.807, 2.05) is 33.6 Å². The second-order valence-corrected chi connectivity index (χ2v) is 10.0. The van der Waals surface area contributed by atoms with Gasteiger partial charge in [-0.15, -0.1) is 11.3 Å². The molecule has 1 aromatic carbocycles. The van der Waals surface area contributed by atoms with Gasteiger partial charge in [0.1, 0.15) is 10.4 Å². The lowest BCUT2D eigenvalue weighted by Gasteiger charge is -2.28. The van der Waals surface area contributed by atoms with Crippen LogP contribution in [-0.2, 0) is 4.74 Å². The van der Waals surface area contributed by atoms with Crippen molar-refractivity contribution in [3.63, 3.8) is 0 Å². The average molecular weight is 496 g/mol. The number of rotatable bonds is 6. The molecule has 182 valence electrons. The third-order valence-electron chi connectivity index (χ3n) is 6.84. The predicted octanol–water partition coefficient (Wildman–Crippen LogP) is 2.91. The summed E-state index contributed by atoms with van der Waals surface area (Å²) in [5.41, 5.74) is 0.706. The minimum atomic E-state index is -0.577. The number of nitrogens with one attached hydrogen (secondary N) is 2. The van der Waals surface area contributed by atoms with Crippen molar-refractivity contribution in [1.82, 2.24) is 20.0 Å². The molecule has 35 heavy (non-hydrogen) atoms. The summed E-state index contributed by atoms with van der Waals surface area (Å²) in [6.07, 6.45) is 3.56. The number of anilines is 1. The van der Waals surface area contributed by atoms with Crippen LogP contribution in [0, 0.1) is 5.82 Å². The van der Waals surface area contributed by atoms with E-state index < -0.39 is 17.2 Å². The topological polar surface area (TPSA) is 88.0 Å². The Balaban J connectivity index is 1.48. The van der Waals surface area contributed by atoms with Gasteiger partial charge in [0.25, 0.3) is 5.91 Å². The molecule has 1 saturated carbocycles. The summed E-state index contributed by atoms with van der Waals surface area (Å²) in [6, 6.07) is 9.42. The van der Waals surface area contributed by atoms with Gasteiger partial charge in [-0.2, -0.15) is 0 Å². The summed E-state index contributed by atoms with van der Waals surface area (Å²) in [5, 5.41) is 6.38. The first kappa shape index (κ1) is 22.4. The second-order valence-electron chi connectivity index (χ2n) is 9.02. The van der Waals surface area contributed by atoms with Crippen LogP contribution in [0.1, 0.15) is 29.6 Å². The van der Waals surface area contributed by atoms with Crippen LogP contribution in [0.3, 0.4) is 0 Å². The zero-order valence-electron chi connectivity index (χ0n) is 19.2. The van der Waals surface area contributed by atoms with Gasteiger partial charge in [0, 0.05) is 32.2 Å². The van der Waals surface area contributed by atoms with Crippen LogP contribution < -0.4 is 21.0 Å². The molecular formula is C25H26FN5O3S. The number of morpholine rings is 1. The van der Waals surface area contributed by atoms with E-state index in [2.05, 4.69) is 15.6 Å². The Morgan fingerprint density at radius 3 is 2.77 bits per heavy atom. The number of thiazole rings is 1. The van der Waals surface area contributed by atoms with Crippen molar-refractivity contribution in [3.05, 3.63) is 51.9 Å². The van der Waals surface area contributed by atoms with Crippen molar-refractivity contribution in [3.8, 4) is 0 Å². The molecule has 3 aromatic heterocycles. The molecule has 2 N–H and O–H groups in total. The maximum atomic E-state index is 15.2. The summed E-state index contributed by atoms with van der Waals surface area (Å²) in [5.74, 6) is -0.829. The number of para-hydroxylation sites is 1. The molecule has 4 aromatic rings. The van der Waals surface area contributed by atoms with Gasteiger partial charge in [-0.3, -0.25) is 14.0 Å². The molecule has 10 heteroatoms. The second kappa shape index (κ2) is 9.18. The van der Waals surface area contributed by atoms with Crippen LogP contribution >= 0.6 is 11.3 Å². The highest BCUT2D eigenvalue weighted by molar-refractivity contribution is 7.24. The van der Waals surface area contributed by atoms with Crippen molar-refractivity contribution in [2.75, 3.05) is 44.3 Å². The molecule has 6 rings (SSSR count). The lowest BCUT2D eigenvalue weighted by atomic mass is 9.93. The number of amides is 1. The summed E-state index contributed by atoms with van der Waals surface area (Å²) in [7, 11) is 0. The van der Waals surface area contributed by atoms with Gasteiger partial charge >= 0.3 is 0 Å². The van der Waals surface area contributed by atoms with E-state index in [1.165, 1.54) is 23.8 Å². The normalized spacial score (nSPS) is 16.8. The van der Waals surface area contributed by atoms with Crippen LogP contribution in [0.5, 0.6) is 0 Å². The van der Waals surface area contributed by atoms with Crippen LogP contribution in [-0.4, -0.2) is 60.7 Å².